The molecule has 1 aliphatic heterocycles. The van der Waals surface area contributed by atoms with Gasteiger partial charge in [0.15, 0.2) is 0 Å². The Morgan fingerprint density at radius 1 is 1.39 bits per heavy atom. The second-order valence-corrected chi connectivity index (χ2v) is 5.33. The summed E-state index contributed by atoms with van der Waals surface area (Å²) in [5.41, 5.74) is 0. The fourth-order valence-corrected chi connectivity index (χ4v) is 2.09. The summed E-state index contributed by atoms with van der Waals surface area (Å²) in [4.78, 5) is 25.7. The van der Waals surface area contributed by atoms with Crippen molar-refractivity contribution in [2.24, 2.45) is 5.92 Å². The van der Waals surface area contributed by atoms with Gasteiger partial charge in [0, 0.05) is 26.6 Å². The van der Waals surface area contributed by atoms with Gasteiger partial charge in [-0.05, 0) is 19.3 Å². The lowest BCUT2D eigenvalue weighted by atomic mass is 10.0. The lowest BCUT2D eigenvalue weighted by Gasteiger charge is -2.26. The largest absolute Gasteiger partial charge is 0.380 e. The standard InChI is InChI=1S/C13H24N2O3/c1-9(2)7-11-13(17)15(8-10(3)18-4)6-5-12(16)14-11/h9-11H,5-8H2,1-4H3,(H,14,16). The minimum absolute atomic E-state index is 0.0122. The van der Waals surface area contributed by atoms with Crippen LogP contribution in [0.2, 0.25) is 0 Å². The number of nitrogens with one attached hydrogen (secondary N) is 1. The molecule has 0 saturated carbocycles. The fourth-order valence-electron chi connectivity index (χ4n) is 2.09. The van der Waals surface area contributed by atoms with Crippen LogP contribution in [-0.2, 0) is 14.3 Å². The van der Waals surface area contributed by atoms with Gasteiger partial charge in [-0.3, -0.25) is 9.59 Å². The zero-order valence-electron chi connectivity index (χ0n) is 11.7. The minimum Gasteiger partial charge on any atom is -0.380 e. The van der Waals surface area contributed by atoms with Crippen LogP contribution in [0.25, 0.3) is 0 Å². The summed E-state index contributed by atoms with van der Waals surface area (Å²) >= 11 is 0. The molecule has 1 fully saturated rings. The maximum absolute atomic E-state index is 12.3. The molecule has 0 aromatic carbocycles. The third-order valence-electron chi connectivity index (χ3n) is 3.14. The predicted octanol–water partition coefficient (Wildman–Crippen LogP) is 0.784. The lowest BCUT2D eigenvalue weighted by molar-refractivity contribution is -0.135. The average molecular weight is 256 g/mol. The van der Waals surface area contributed by atoms with Crippen LogP contribution in [0.5, 0.6) is 0 Å². The number of hydrogen-bond donors (Lipinski definition) is 1. The molecule has 0 aromatic heterocycles. The highest BCUT2D eigenvalue weighted by atomic mass is 16.5. The second kappa shape index (κ2) is 6.73. The molecule has 0 spiro atoms. The second-order valence-electron chi connectivity index (χ2n) is 5.33. The van der Waals surface area contributed by atoms with E-state index < -0.39 is 0 Å². The Balaban J connectivity index is 2.72. The molecule has 2 atom stereocenters. The Kier molecular flexibility index (Phi) is 5.59. The highest BCUT2D eigenvalue weighted by Gasteiger charge is 2.30. The molecule has 5 heteroatoms. The fraction of sp³-hybridized carbons (Fsp3) is 0.846. The van der Waals surface area contributed by atoms with E-state index in [1.807, 2.05) is 20.8 Å². The highest BCUT2D eigenvalue weighted by molar-refractivity contribution is 5.89. The zero-order valence-corrected chi connectivity index (χ0v) is 11.7. The van der Waals surface area contributed by atoms with Crippen LogP contribution in [0.15, 0.2) is 0 Å². The Morgan fingerprint density at radius 3 is 2.61 bits per heavy atom. The quantitative estimate of drug-likeness (QED) is 0.791. The van der Waals surface area contributed by atoms with Gasteiger partial charge in [-0.25, -0.2) is 0 Å². The number of rotatable bonds is 5. The van der Waals surface area contributed by atoms with Gasteiger partial charge in [0.25, 0.3) is 0 Å². The lowest BCUT2D eigenvalue weighted by Crippen LogP contribution is -2.47. The molecule has 2 unspecified atom stereocenters. The third-order valence-corrected chi connectivity index (χ3v) is 3.14. The molecule has 104 valence electrons. The van der Waals surface area contributed by atoms with E-state index in [1.165, 1.54) is 0 Å². The van der Waals surface area contributed by atoms with Crippen molar-refractivity contribution in [3.05, 3.63) is 0 Å². The Morgan fingerprint density at radius 2 is 2.06 bits per heavy atom. The Bertz CT molecular complexity index is 305. The smallest absolute Gasteiger partial charge is 0.245 e. The zero-order chi connectivity index (χ0) is 13.7. The molecule has 1 aliphatic rings. The van der Waals surface area contributed by atoms with Crippen LogP contribution < -0.4 is 5.32 Å². The normalized spacial score (nSPS) is 22.9. The molecule has 0 aromatic rings. The molecule has 0 aliphatic carbocycles. The molecule has 1 N–H and O–H groups in total. The van der Waals surface area contributed by atoms with Crippen molar-refractivity contribution < 1.29 is 14.3 Å². The van der Waals surface area contributed by atoms with Crippen LogP contribution in [-0.4, -0.2) is 49.1 Å². The van der Waals surface area contributed by atoms with E-state index in [0.717, 1.165) is 0 Å². The SMILES string of the molecule is COC(C)CN1CCC(=O)NC(CC(C)C)C1=O. The first-order chi connectivity index (χ1) is 8.43. The first kappa shape index (κ1) is 15.0. The van der Waals surface area contributed by atoms with E-state index >= 15 is 0 Å². The van der Waals surface area contributed by atoms with Crippen LogP contribution in [0.4, 0.5) is 0 Å². The van der Waals surface area contributed by atoms with Gasteiger partial charge >= 0.3 is 0 Å². The van der Waals surface area contributed by atoms with Gasteiger partial charge in [0.05, 0.1) is 6.10 Å². The number of ether oxygens (including phenoxy) is 1. The summed E-state index contributed by atoms with van der Waals surface area (Å²) < 4.78 is 5.19. The molecule has 0 bridgehead atoms. The molecule has 2 amide bonds. The number of carbonyl (C=O) groups excluding carboxylic acids is 2. The van der Waals surface area contributed by atoms with Crippen LogP contribution in [0.3, 0.4) is 0 Å². The molecule has 18 heavy (non-hydrogen) atoms. The van der Waals surface area contributed by atoms with Gasteiger partial charge in [-0.1, -0.05) is 13.8 Å². The van der Waals surface area contributed by atoms with Crippen molar-refractivity contribution in [3.63, 3.8) is 0 Å². The summed E-state index contributed by atoms with van der Waals surface area (Å²) in [6, 6.07) is -0.385. The number of hydrogen-bond acceptors (Lipinski definition) is 3. The van der Waals surface area contributed by atoms with E-state index in [9.17, 15) is 9.59 Å². The van der Waals surface area contributed by atoms with Crippen LogP contribution in [0.1, 0.15) is 33.6 Å². The maximum Gasteiger partial charge on any atom is 0.245 e. The predicted molar refractivity (Wildman–Crippen MR) is 69.1 cm³/mol. The first-order valence-corrected chi connectivity index (χ1v) is 6.55. The van der Waals surface area contributed by atoms with E-state index in [0.29, 0.717) is 31.8 Å². The highest BCUT2D eigenvalue weighted by Crippen LogP contribution is 2.12. The Hall–Kier alpha value is -1.10. The number of amides is 2. The van der Waals surface area contributed by atoms with Crippen molar-refractivity contribution in [1.29, 1.82) is 0 Å². The van der Waals surface area contributed by atoms with E-state index in [1.54, 1.807) is 12.0 Å². The van der Waals surface area contributed by atoms with E-state index in [-0.39, 0.29) is 24.0 Å². The molecule has 1 rings (SSSR count). The summed E-state index contributed by atoms with van der Waals surface area (Å²) in [5.74, 6) is 0.346. The summed E-state index contributed by atoms with van der Waals surface area (Å²) in [6.07, 6.45) is 1.04. The number of carbonyl (C=O) groups is 2. The summed E-state index contributed by atoms with van der Waals surface area (Å²) in [7, 11) is 1.63. The maximum atomic E-state index is 12.3. The van der Waals surface area contributed by atoms with E-state index in [4.69, 9.17) is 4.74 Å². The third kappa shape index (κ3) is 4.29. The van der Waals surface area contributed by atoms with Gasteiger partial charge in [0.1, 0.15) is 6.04 Å². The summed E-state index contributed by atoms with van der Waals surface area (Å²) in [5, 5.41) is 2.81. The van der Waals surface area contributed by atoms with Crippen LogP contribution >= 0.6 is 0 Å². The molecular weight excluding hydrogens is 232 g/mol. The topological polar surface area (TPSA) is 58.6 Å². The Labute approximate surface area is 109 Å². The molecule has 1 heterocycles. The monoisotopic (exact) mass is 256 g/mol. The first-order valence-electron chi connectivity index (χ1n) is 6.55. The molecule has 0 radical (unpaired) electrons. The van der Waals surface area contributed by atoms with Crippen molar-refractivity contribution in [3.8, 4) is 0 Å². The van der Waals surface area contributed by atoms with Gasteiger partial charge < -0.3 is 15.0 Å². The van der Waals surface area contributed by atoms with Gasteiger partial charge in [0.2, 0.25) is 11.8 Å². The van der Waals surface area contributed by atoms with Gasteiger partial charge in [-0.15, -0.1) is 0 Å². The average Bonchev–Trinajstić information content (AvgIpc) is 2.42. The van der Waals surface area contributed by atoms with Crippen molar-refractivity contribution in [2.45, 2.75) is 45.8 Å². The number of methoxy groups -OCH3 is 1. The molecule has 5 nitrogen and oxygen atoms in total. The van der Waals surface area contributed by atoms with Crippen molar-refractivity contribution in [2.75, 3.05) is 20.2 Å². The van der Waals surface area contributed by atoms with Crippen LogP contribution in [0, 0.1) is 5.92 Å². The van der Waals surface area contributed by atoms with Gasteiger partial charge in [-0.2, -0.15) is 0 Å². The van der Waals surface area contributed by atoms with E-state index in [2.05, 4.69) is 5.32 Å². The van der Waals surface area contributed by atoms with Crippen molar-refractivity contribution >= 4 is 11.8 Å². The molecule has 1 saturated heterocycles. The van der Waals surface area contributed by atoms with Crippen molar-refractivity contribution in [1.82, 2.24) is 10.2 Å². The molecular formula is C13H24N2O3. The number of nitrogens with zero attached hydrogens (tertiary/aromatic N) is 1. The summed E-state index contributed by atoms with van der Waals surface area (Å²) in [6.45, 7) is 7.04. The minimum atomic E-state index is -0.385.